The van der Waals surface area contributed by atoms with Crippen LogP contribution in [0.25, 0.3) is 0 Å². The lowest BCUT2D eigenvalue weighted by Crippen LogP contribution is -2.31. The van der Waals surface area contributed by atoms with Crippen LogP contribution in [0, 0.1) is 5.92 Å². The van der Waals surface area contributed by atoms with E-state index in [0.29, 0.717) is 16.5 Å². The van der Waals surface area contributed by atoms with E-state index in [-0.39, 0.29) is 23.5 Å². The van der Waals surface area contributed by atoms with Gasteiger partial charge in [0.05, 0.1) is 28.3 Å². The van der Waals surface area contributed by atoms with Crippen LogP contribution in [-0.4, -0.2) is 40.7 Å². The molecule has 1 aliphatic carbocycles. The molecule has 2 aliphatic heterocycles. The molecule has 1 aromatic heterocycles. The molecule has 3 N–H and O–H groups in total. The molecule has 0 unspecified atom stereocenters. The standard InChI is InChI=1S/C28H30F3N5O2S/c1-27(2)15-36(24-21(37)10-9-17(23(24)27)28(29,30)31)20-6-4-3-5-18(20)32-25(38)34-26-33-19-11-12-35(13-16-7-8-16)14-22(19)39-26/h3-6,9-10,16,37H,7-8,11-15H2,1-2H3,(H2,32,33,34,38). The highest BCUT2D eigenvalue weighted by atomic mass is 32.1. The lowest BCUT2D eigenvalue weighted by molar-refractivity contribution is -0.138. The van der Waals surface area contributed by atoms with Crippen molar-refractivity contribution in [1.29, 1.82) is 0 Å². The van der Waals surface area contributed by atoms with Gasteiger partial charge in [0, 0.05) is 42.9 Å². The fourth-order valence-electron chi connectivity index (χ4n) is 5.72. The molecule has 3 aromatic rings. The second-order valence-corrected chi connectivity index (χ2v) is 12.3. The highest BCUT2D eigenvalue weighted by Crippen LogP contribution is 2.54. The summed E-state index contributed by atoms with van der Waals surface area (Å²) in [5.41, 5.74) is 0.396. The Morgan fingerprint density at radius 3 is 2.69 bits per heavy atom. The lowest BCUT2D eigenvalue weighted by atomic mass is 9.83. The number of nitrogens with zero attached hydrogens (tertiary/aromatic N) is 3. The molecule has 3 aliphatic rings. The van der Waals surface area contributed by atoms with Crippen molar-refractivity contribution in [2.75, 3.05) is 35.2 Å². The summed E-state index contributed by atoms with van der Waals surface area (Å²) in [5.74, 6) is 0.574. The number of benzene rings is 2. The van der Waals surface area contributed by atoms with Gasteiger partial charge in [0.15, 0.2) is 5.13 Å². The third-order valence-corrected chi connectivity index (χ3v) is 8.65. The topological polar surface area (TPSA) is 80.7 Å². The van der Waals surface area contributed by atoms with Crippen LogP contribution in [0.5, 0.6) is 5.75 Å². The Hall–Kier alpha value is -3.31. The number of para-hydroxylation sites is 2. The van der Waals surface area contributed by atoms with Crippen LogP contribution in [0.2, 0.25) is 0 Å². The average molecular weight is 558 g/mol. The average Bonchev–Trinajstić information content (AvgIpc) is 3.51. The number of hydrogen-bond donors (Lipinski definition) is 3. The molecule has 11 heteroatoms. The summed E-state index contributed by atoms with van der Waals surface area (Å²) in [5, 5.41) is 16.9. The van der Waals surface area contributed by atoms with Crippen LogP contribution in [-0.2, 0) is 24.6 Å². The van der Waals surface area contributed by atoms with Crippen molar-refractivity contribution in [2.45, 2.75) is 51.2 Å². The highest BCUT2D eigenvalue weighted by molar-refractivity contribution is 7.15. The molecule has 0 bridgehead atoms. The van der Waals surface area contributed by atoms with Crippen molar-refractivity contribution >= 4 is 39.6 Å². The molecule has 2 aromatic carbocycles. The summed E-state index contributed by atoms with van der Waals surface area (Å²) >= 11 is 1.48. The molecule has 0 saturated heterocycles. The first-order valence-corrected chi connectivity index (χ1v) is 13.9. The number of alkyl halides is 3. The van der Waals surface area contributed by atoms with Crippen molar-refractivity contribution in [3.63, 3.8) is 0 Å². The zero-order valence-corrected chi connectivity index (χ0v) is 22.5. The first-order valence-electron chi connectivity index (χ1n) is 13.1. The molecular formula is C28H30F3N5O2S. The Balaban J connectivity index is 1.23. The van der Waals surface area contributed by atoms with E-state index in [1.807, 2.05) is 0 Å². The van der Waals surface area contributed by atoms with Gasteiger partial charge in [-0.2, -0.15) is 13.2 Å². The summed E-state index contributed by atoms with van der Waals surface area (Å²) in [6, 6.07) is 8.41. The number of aromatic nitrogens is 1. The molecule has 1 fully saturated rings. The third kappa shape index (κ3) is 5.05. The minimum absolute atomic E-state index is 0.0401. The van der Waals surface area contributed by atoms with Crippen LogP contribution in [0.3, 0.4) is 0 Å². The number of phenolic OH excluding ortho intramolecular Hbond substituents is 1. The minimum atomic E-state index is -4.56. The van der Waals surface area contributed by atoms with Crippen molar-refractivity contribution in [3.05, 3.63) is 58.1 Å². The van der Waals surface area contributed by atoms with Crippen LogP contribution in [0.1, 0.15) is 48.4 Å². The van der Waals surface area contributed by atoms with Gasteiger partial charge in [0.2, 0.25) is 0 Å². The molecule has 2 amide bonds. The Morgan fingerprint density at radius 2 is 1.95 bits per heavy atom. The highest BCUT2D eigenvalue weighted by Gasteiger charge is 2.46. The van der Waals surface area contributed by atoms with Gasteiger partial charge in [-0.25, -0.2) is 9.78 Å². The predicted octanol–water partition coefficient (Wildman–Crippen LogP) is 6.71. The summed E-state index contributed by atoms with van der Waals surface area (Å²) < 4.78 is 41.7. The van der Waals surface area contributed by atoms with Crippen LogP contribution < -0.4 is 15.5 Å². The number of hydrogen-bond acceptors (Lipinski definition) is 6. The summed E-state index contributed by atoms with van der Waals surface area (Å²) in [6.45, 7) is 6.58. The fraction of sp³-hybridized carbons (Fsp3) is 0.429. The first kappa shape index (κ1) is 25.9. The number of carbonyl (C=O) groups excluding carboxylic acids is 1. The van der Waals surface area contributed by atoms with Gasteiger partial charge in [-0.1, -0.05) is 26.0 Å². The number of fused-ring (bicyclic) bond motifs is 2. The molecule has 3 heterocycles. The van der Waals surface area contributed by atoms with Gasteiger partial charge >= 0.3 is 12.2 Å². The van der Waals surface area contributed by atoms with Crippen LogP contribution >= 0.6 is 11.3 Å². The summed E-state index contributed by atoms with van der Waals surface area (Å²) in [7, 11) is 0. The molecule has 0 spiro atoms. The smallest absolute Gasteiger partial charge is 0.416 e. The Kier molecular flexibility index (Phi) is 6.26. The second-order valence-electron chi connectivity index (χ2n) is 11.2. The van der Waals surface area contributed by atoms with Crippen LogP contribution in [0.15, 0.2) is 36.4 Å². The maximum Gasteiger partial charge on any atom is 0.416 e. The number of urea groups is 1. The first-order chi connectivity index (χ1) is 18.5. The monoisotopic (exact) mass is 557 g/mol. The van der Waals surface area contributed by atoms with Gasteiger partial charge in [-0.3, -0.25) is 10.2 Å². The molecule has 206 valence electrons. The zero-order chi connectivity index (χ0) is 27.5. The summed E-state index contributed by atoms with van der Waals surface area (Å²) in [4.78, 5) is 22.9. The quantitative estimate of drug-likeness (QED) is 0.325. The third-order valence-electron chi connectivity index (χ3n) is 7.65. The van der Waals surface area contributed by atoms with Crippen molar-refractivity contribution in [2.24, 2.45) is 5.92 Å². The van der Waals surface area contributed by atoms with E-state index in [9.17, 15) is 23.1 Å². The number of amides is 2. The zero-order valence-electron chi connectivity index (χ0n) is 21.7. The number of halogens is 3. The maximum atomic E-state index is 13.9. The van der Waals surface area contributed by atoms with Crippen LogP contribution in [0.4, 0.5) is 40.2 Å². The van der Waals surface area contributed by atoms with Crippen molar-refractivity contribution in [1.82, 2.24) is 9.88 Å². The van der Waals surface area contributed by atoms with Gasteiger partial charge in [0.25, 0.3) is 0 Å². The Labute approximate surface area is 228 Å². The van der Waals surface area contributed by atoms with Crippen molar-refractivity contribution in [3.8, 4) is 5.75 Å². The number of thiazole rings is 1. The fourth-order valence-corrected chi connectivity index (χ4v) is 6.77. The number of carbonyl (C=O) groups is 1. The number of anilines is 4. The summed E-state index contributed by atoms with van der Waals surface area (Å²) in [6.07, 6.45) is -1.09. The van der Waals surface area contributed by atoms with Gasteiger partial charge in [-0.05, 0) is 48.6 Å². The maximum absolute atomic E-state index is 13.9. The molecule has 7 nitrogen and oxygen atoms in total. The van der Waals surface area contributed by atoms with Gasteiger partial charge in [-0.15, -0.1) is 11.3 Å². The lowest BCUT2D eigenvalue weighted by Gasteiger charge is -2.25. The van der Waals surface area contributed by atoms with E-state index in [1.165, 1.54) is 29.1 Å². The number of rotatable bonds is 5. The Bertz CT molecular complexity index is 1430. The van der Waals surface area contributed by atoms with E-state index in [1.54, 1.807) is 43.0 Å². The van der Waals surface area contributed by atoms with E-state index in [4.69, 9.17) is 0 Å². The van der Waals surface area contributed by atoms with Gasteiger partial charge < -0.3 is 15.3 Å². The largest absolute Gasteiger partial charge is 0.506 e. The van der Waals surface area contributed by atoms with E-state index >= 15 is 0 Å². The molecule has 1 saturated carbocycles. The SMILES string of the molecule is CC1(C)CN(c2ccccc2NC(=O)Nc2nc3c(s2)CN(CC2CC2)CC3)c2c(O)ccc(C(F)(F)F)c21. The van der Waals surface area contributed by atoms with Crippen molar-refractivity contribution < 1.29 is 23.1 Å². The molecule has 0 radical (unpaired) electrons. The number of phenols is 1. The molecule has 0 atom stereocenters. The van der Waals surface area contributed by atoms with E-state index < -0.39 is 23.2 Å². The predicted molar refractivity (Wildman–Crippen MR) is 146 cm³/mol. The minimum Gasteiger partial charge on any atom is -0.506 e. The second kappa shape index (κ2) is 9.41. The molecule has 39 heavy (non-hydrogen) atoms. The molecular weight excluding hydrogens is 527 g/mol. The normalized spacial score (nSPS) is 18.5. The van der Waals surface area contributed by atoms with E-state index in [0.717, 1.165) is 49.8 Å². The Morgan fingerprint density at radius 1 is 1.18 bits per heavy atom. The molecule has 6 rings (SSSR count). The van der Waals surface area contributed by atoms with E-state index in [2.05, 4.69) is 20.5 Å². The number of aromatic hydroxyl groups is 1. The number of nitrogens with one attached hydrogen (secondary N) is 2. The van der Waals surface area contributed by atoms with Gasteiger partial charge in [0.1, 0.15) is 5.75 Å².